The highest BCUT2D eigenvalue weighted by atomic mass is 16.5. The van der Waals surface area contributed by atoms with Gasteiger partial charge in [0.1, 0.15) is 0 Å². The van der Waals surface area contributed by atoms with E-state index in [2.05, 4.69) is 26.1 Å². The van der Waals surface area contributed by atoms with Crippen LogP contribution in [0.2, 0.25) is 0 Å². The van der Waals surface area contributed by atoms with Crippen molar-refractivity contribution >= 4 is 0 Å². The Morgan fingerprint density at radius 1 is 1.06 bits per heavy atom. The standard InChI is InChI=1S/C15H31NO2/c1-15(2,3)16-10-6-4-5-7-11-18-14-8-12-17-13-9-14/h14,16H,4-13H2,1-3H3. The van der Waals surface area contributed by atoms with Gasteiger partial charge in [0, 0.05) is 25.4 Å². The normalized spacial score (nSPS) is 18.2. The molecular formula is C15H31NO2. The molecule has 0 unspecified atom stereocenters. The molecule has 18 heavy (non-hydrogen) atoms. The molecule has 0 spiro atoms. The Morgan fingerprint density at radius 2 is 1.72 bits per heavy atom. The van der Waals surface area contributed by atoms with Crippen LogP contribution in [0.15, 0.2) is 0 Å². The molecular weight excluding hydrogens is 226 g/mol. The molecule has 1 fully saturated rings. The van der Waals surface area contributed by atoms with Crippen LogP contribution < -0.4 is 5.32 Å². The summed E-state index contributed by atoms with van der Waals surface area (Å²) < 4.78 is 11.2. The summed E-state index contributed by atoms with van der Waals surface area (Å²) in [7, 11) is 0. The van der Waals surface area contributed by atoms with Gasteiger partial charge in [0.05, 0.1) is 6.10 Å². The van der Waals surface area contributed by atoms with Crippen LogP contribution in [0.1, 0.15) is 59.3 Å². The first-order valence-electron chi connectivity index (χ1n) is 7.52. The summed E-state index contributed by atoms with van der Waals surface area (Å²) >= 11 is 0. The number of ether oxygens (including phenoxy) is 2. The number of unbranched alkanes of at least 4 members (excludes halogenated alkanes) is 3. The SMILES string of the molecule is CC(C)(C)NCCCCCCOC1CCOCC1. The fourth-order valence-corrected chi connectivity index (χ4v) is 2.14. The van der Waals surface area contributed by atoms with E-state index in [-0.39, 0.29) is 5.54 Å². The molecule has 3 heteroatoms. The summed E-state index contributed by atoms with van der Waals surface area (Å²) in [6.07, 6.45) is 7.68. The molecule has 0 aromatic heterocycles. The lowest BCUT2D eigenvalue weighted by Crippen LogP contribution is -2.36. The van der Waals surface area contributed by atoms with E-state index in [9.17, 15) is 0 Å². The van der Waals surface area contributed by atoms with Crippen molar-refractivity contribution in [3.05, 3.63) is 0 Å². The highest BCUT2D eigenvalue weighted by Crippen LogP contribution is 2.11. The van der Waals surface area contributed by atoms with Gasteiger partial charge in [0.15, 0.2) is 0 Å². The monoisotopic (exact) mass is 257 g/mol. The third kappa shape index (κ3) is 8.90. The first-order chi connectivity index (χ1) is 8.58. The minimum absolute atomic E-state index is 0.256. The average Bonchev–Trinajstić information content (AvgIpc) is 2.32. The van der Waals surface area contributed by atoms with E-state index >= 15 is 0 Å². The van der Waals surface area contributed by atoms with Crippen LogP contribution in [0, 0.1) is 0 Å². The van der Waals surface area contributed by atoms with E-state index in [1.165, 1.54) is 25.7 Å². The van der Waals surface area contributed by atoms with Crippen molar-refractivity contribution < 1.29 is 9.47 Å². The van der Waals surface area contributed by atoms with Crippen molar-refractivity contribution in [3.8, 4) is 0 Å². The van der Waals surface area contributed by atoms with Crippen molar-refractivity contribution in [2.75, 3.05) is 26.4 Å². The Labute approximate surface area is 113 Å². The third-order valence-electron chi connectivity index (χ3n) is 3.25. The largest absolute Gasteiger partial charge is 0.381 e. The topological polar surface area (TPSA) is 30.5 Å². The number of rotatable bonds is 8. The van der Waals surface area contributed by atoms with E-state index in [4.69, 9.17) is 9.47 Å². The predicted molar refractivity (Wildman–Crippen MR) is 76.0 cm³/mol. The number of nitrogens with one attached hydrogen (secondary N) is 1. The summed E-state index contributed by atoms with van der Waals surface area (Å²) in [5, 5.41) is 3.52. The van der Waals surface area contributed by atoms with Gasteiger partial charge in [-0.2, -0.15) is 0 Å². The Bertz CT molecular complexity index is 195. The smallest absolute Gasteiger partial charge is 0.0619 e. The lowest BCUT2D eigenvalue weighted by molar-refractivity contribution is -0.0327. The molecule has 3 nitrogen and oxygen atoms in total. The molecule has 0 aromatic carbocycles. The molecule has 0 aliphatic carbocycles. The van der Waals surface area contributed by atoms with Gasteiger partial charge < -0.3 is 14.8 Å². The quantitative estimate of drug-likeness (QED) is 0.678. The first kappa shape index (κ1) is 15.9. The Balaban J connectivity index is 1.81. The summed E-state index contributed by atoms with van der Waals surface area (Å²) in [6.45, 7) is 10.5. The minimum atomic E-state index is 0.256. The maximum absolute atomic E-state index is 5.85. The van der Waals surface area contributed by atoms with Crippen LogP contribution in [0.3, 0.4) is 0 Å². The van der Waals surface area contributed by atoms with Gasteiger partial charge in [0.25, 0.3) is 0 Å². The van der Waals surface area contributed by atoms with Crippen molar-refractivity contribution in [2.45, 2.75) is 70.9 Å². The Kier molecular flexibility index (Phi) is 7.87. The van der Waals surface area contributed by atoms with Gasteiger partial charge in [-0.25, -0.2) is 0 Å². The van der Waals surface area contributed by atoms with E-state index in [1.54, 1.807) is 0 Å². The number of hydrogen-bond acceptors (Lipinski definition) is 3. The predicted octanol–water partition coefficient (Wildman–Crippen LogP) is 3.13. The fraction of sp³-hybridized carbons (Fsp3) is 1.00. The van der Waals surface area contributed by atoms with Crippen molar-refractivity contribution in [1.29, 1.82) is 0 Å². The first-order valence-corrected chi connectivity index (χ1v) is 7.52. The minimum Gasteiger partial charge on any atom is -0.381 e. The van der Waals surface area contributed by atoms with Crippen LogP contribution in [-0.4, -0.2) is 38.0 Å². The fourth-order valence-electron chi connectivity index (χ4n) is 2.14. The van der Waals surface area contributed by atoms with E-state index < -0.39 is 0 Å². The molecule has 108 valence electrons. The van der Waals surface area contributed by atoms with Crippen molar-refractivity contribution in [3.63, 3.8) is 0 Å². The molecule has 1 rings (SSSR count). The molecule has 1 saturated heterocycles. The maximum Gasteiger partial charge on any atom is 0.0619 e. The van der Waals surface area contributed by atoms with E-state index in [1.807, 2.05) is 0 Å². The highest BCUT2D eigenvalue weighted by molar-refractivity contribution is 4.69. The molecule has 0 radical (unpaired) electrons. The van der Waals surface area contributed by atoms with Crippen LogP contribution in [0.5, 0.6) is 0 Å². The molecule has 0 aromatic rings. The molecule has 1 aliphatic heterocycles. The van der Waals surface area contributed by atoms with Crippen molar-refractivity contribution in [2.24, 2.45) is 0 Å². The molecule has 1 N–H and O–H groups in total. The van der Waals surface area contributed by atoms with Gasteiger partial charge in [-0.1, -0.05) is 12.8 Å². The summed E-state index contributed by atoms with van der Waals surface area (Å²) in [5.74, 6) is 0. The second-order valence-corrected chi connectivity index (χ2v) is 6.27. The maximum atomic E-state index is 5.85. The van der Waals surface area contributed by atoms with Gasteiger partial charge in [0.2, 0.25) is 0 Å². The second-order valence-electron chi connectivity index (χ2n) is 6.27. The zero-order valence-corrected chi connectivity index (χ0v) is 12.5. The second kappa shape index (κ2) is 8.89. The Hall–Kier alpha value is -0.120. The zero-order chi connectivity index (χ0) is 13.3. The Morgan fingerprint density at radius 3 is 2.39 bits per heavy atom. The summed E-state index contributed by atoms with van der Waals surface area (Å²) in [4.78, 5) is 0. The zero-order valence-electron chi connectivity index (χ0n) is 12.5. The van der Waals surface area contributed by atoms with Crippen molar-refractivity contribution in [1.82, 2.24) is 5.32 Å². The molecule has 1 aliphatic rings. The third-order valence-corrected chi connectivity index (χ3v) is 3.25. The molecule has 0 bridgehead atoms. The van der Waals surface area contributed by atoms with Gasteiger partial charge in [-0.15, -0.1) is 0 Å². The van der Waals surface area contributed by atoms with Crippen LogP contribution in [0.25, 0.3) is 0 Å². The van der Waals surface area contributed by atoms with Gasteiger partial charge >= 0.3 is 0 Å². The number of hydrogen-bond donors (Lipinski definition) is 1. The molecule has 0 amide bonds. The molecule has 0 saturated carbocycles. The lowest BCUT2D eigenvalue weighted by Gasteiger charge is -2.22. The summed E-state index contributed by atoms with van der Waals surface area (Å²) in [5.41, 5.74) is 0.256. The molecule has 1 heterocycles. The van der Waals surface area contributed by atoms with Gasteiger partial charge in [-0.05, 0) is 53.0 Å². The molecule has 0 atom stereocenters. The van der Waals surface area contributed by atoms with Crippen LogP contribution in [-0.2, 0) is 9.47 Å². The van der Waals surface area contributed by atoms with Crippen LogP contribution in [0.4, 0.5) is 0 Å². The van der Waals surface area contributed by atoms with Gasteiger partial charge in [-0.3, -0.25) is 0 Å². The van der Waals surface area contributed by atoms with E-state index in [0.29, 0.717) is 6.10 Å². The van der Waals surface area contributed by atoms with E-state index in [0.717, 1.165) is 39.2 Å². The highest BCUT2D eigenvalue weighted by Gasteiger charge is 2.13. The average molecular weight is 257 g/mol. The van der Waals surface area contributed by atoms with Crippen LogP contribution >= 0.6 is 0 Å². The lowest BCUT2D eigenvalue weighted by atomic mass is 10.1. The summed E-state index contributed by atoms with van der Waals surface area (Å²) in [6, 6.07) is 0.